The quantitative estimate of drug-likeness (QED) is 0.523. The first-order valence-electron chi connectivity index (χ1n) is 7.75. The molecule has 0 spiro atoms. The Labute approximate surface area is 171 Å². The summed E-state index contributed by atoms with van der Waals surface area (Å²) in [6.45, 7) is -0.868. The van der Waals surface area contributed by atoms with Crippen molar-refractivity contribution in [3.8, 4) is 23.0 Å². The minimum absolute atomic E-state index is 0.0503. The predicted octanol–water partition coefficient (Wildman–Crippen LogP) is 2.85. The number of carboxylic acids is 1. The first kappa shape index (κ1) is 23.6. The Morgan fingerprint density at radius 3 is 1.86 bits per heavy atom. The lowest BCUT2D eigenvalue weighted by Crippen LogP contribution is -2.10. The molecule has 0 bridgehead atoms. The molecular weight excluding hydrogens is 415 g/mol. The Morgan fingerprint density at radius 1 is 0.893 bits per heavy atom. The van der Waals surface area contributed by atoms with Crippen molar-refractivity contribution in [2.45, 2.75) is 13.2 Å². The van der Waals surface area contributed by atoms with Crippen molar-refractivity contribution in [3.63, 3.8) is 0 Å². The molecule has 2 rings (SSSR count). The summed E-state index contributed by atoms with van der Waals surface area (Å²) in [5.74, 6) is -0.114. The van der Waals surface area contributed by atoms with E-state index in [0.717, 1.165) is 0 Å². The van der Waals surface area contributed by atoms with Gasteiger partial charge in [0, 0.05) is 23.3 Å². The second kappa shape index (κ2) is 11.5. The van der Waals surface area contributed by atoms with E-state index in [-0.39, 0.29) is 34.8 Å². The summed E-state index contributed by atoms with van der Waals surface area (Å²) in [6, 6.07) is 5.75. The zero-order chi connectivity index (χ0) is 21.3. The molecule has 0 atom stereocenters. The molecule has 0 unspecified atom stereocenters. The summed E-state index contributed by atoms with van der Waals surface area (Å²) < 4.78 is 14.8. The number of rotatable bonds is 7. The predicted molar refractivity (Wildman–Crippen MR) is 103 cm³/mol. The molecule has 2 aromatic rings. The number of aromatic hydroxyl groups is 1. The van der Waals surface area contributed by atoms with Crippen LogP contribution in [-0.4, -0.2) is 47.2 Å². The van der Waals surface area contributed by atoms with E-state index in [1.807, 2.05) is 0 Å². The van der Waals surface area contributed by atoms with Crippen LogP contribution in [-0.2, 0) is 18.0 Å². The number of carboxylic acid groups (broad SMARTS) is 1. The number of phenolic OH excluding ortho intramolecular Hbond substituents is 1. The van der Waals surface area contributed by atoms with Crippen LogP contribution in [0.5, 0.6) is 23.0 Å². The molecule has 0 aliphatic rings. The van der Waals surface area contributed by atoms with E-state index < -0.39 is 12.6 Å². The molecule has 0 heterocycles. The van der Waals surface area contributed by atoms with Crippen molar-refractivity contribution in [3.05, 3.63) is 45.4 Å². The number of methoxy groups -OCH3 is 2. The molecule has 8 nitrogen and oxygen atoms in total. The first-order chi connectivity index (χ1) is 13.3. The van der Waals surface area contributed by atoms with Crippen molar-refractivity contribution in [2.75, 3.05) is 20.8 Å². The number of phenols is 1. The molecule has 0 fully saturated rings. The van der Waals surface area contributed by atoms with E-state index in [4.69, 9.17) is 57.8 Å². The van der Waals surface area contributed by atoms with Gasteiger partial charge < -0.3 is 34.6 Å². The number of carbonyl (C=O) groups is 1. The van der Waals surface area contributed by atoms with E-state index >= 15 is 0 Å². The van der Waals surface area contributed by atoms with Crippen LogP contribution in [0.2, 0.25) is 10.0 Å². The zero-order valence-corrected chi connectivity index (χ0v) is 16.6. The van der Waals surface area contributed by atoms with E-state index in [1.54, 1.807) is 0 Å². The smallest absolute Gasteiger partial charge is 0.341 e. The van der Waals surface area contributed by atoms with Gasteiger partial charge in [0.1, 0.15) is 23.0 Å². The molecule has 28 heavy (non-hydrogen) atoms. The third kappa shape index (κ3) is 6.65. The normalized spacial score (nSPS) is 9.93. The fourth-order valence-corrected chi connectivity index (χ4v) is 2.46. The summed E-state index contributed by atoms with van der Waals surface area (Å²) in [6.07, 6.45) is 0. The second-order valence-electron chi connectivity index (χ2n) is 5.21. The van der Waals surface area contributed by atoms with Crippen LogP contribution in [0, 0.1) is 0 Å². The Balaban J connectivity index is 0.000000292. The number of hydrogen-bond donors (Lipinski definition) is 4. The number of ether oxygens (including phenoxy) is 3. The number of aliphatic carboxylic acids is 1. The largest absolute Gasteiger partial charge is 0.506 e. The van der Waals surface area contributed by atoms with Crippen molar-refractivity contribution in [1.82, 2.24) is 0 Å². The van der Waals surface area contributed by atoms with Crippen molar-refractivity contribution < 1.29 is 39.4 Å². The van der Waals surface area contributed by atoms with Gasteiger partial charge in [-0.05, 0) is 12.1 Å². The van der Waals surface area contributed by atoms with Gasteiger partial charge >= 0.3 is 5.97 Å². The van der Waals surface area contributed by atoms with Crippen LogP contribution in [0.1, 0.15) is 11.1 Å². The third-order valence-electron chi connectivity index (χ3n) is 3.38. The van der Waals surface area contributed by atoms with Crippen LogP contribution in [0.25, 0.3) is 0 Å². The van der Waals surface area contributed by atoms with Crippen LogP contribution >= 0.6 is 23.2 Å². The van der Waals surface area contributed by atoms with Crippen molar-refractivity contribution in [2.24, 2.45) is 0 Å². The summed E-state index contributed by atoms with van der Waals surface area (Å²) in [7, 11) is 2.89. The van der Waals surface area contributed by atoms with Gasteiger partial charge in [-0.1, -0.05) is 23.2 Å². The number of aliphatic hydroxyl groups is 2. The highest BCUT2D eigenvalue weighted by Gasteiger charge is 2.11. The zero-order valence-electron chi connectivity index (χ0n) is 15.1. The van der Waals surface area contributed by atoms with Gasteiger partial charge in [-0.15, -0.1) is 0 Å². The van der Waals surface area contributed by atoms with Gasteiger partial charge in [-0.2, -0.15) is 0 Å². The Hall–Kier alpha value is -2.39. The van der Waals surface area contributed by atoms with Gasteiger partial charge in [-0.3, -0.25) is 0 Å². The minimum atomic E-state index is -1.10. The van der Waals surface area contributed by atoms with Crippen LogP contribution in [0.15, 0.2) is 24.3 Å². The second-order valence-corrected chi connectivity index (χ2v) is 6.02. The molecule has 154 valence electrons. The molecule has 0 saturated heterocycles. The van der Waals surface area contributed by atoms with Crippen LogP contribution in [0.4, 0.5) is 0 Å². The highest BCUT2D eigenvalue weighted by Crippen LogP contribution is 2.33. The Bertz CT molecular complexity index is 782. The number of aliphatic hydroxyl groups excluding tert-OH is 2. The Morgan fingerprint density at radius 2 is 1.39 bits per heavy atom. The topological polar surface area (TPSA) is 126 Å². The monoisotopic (exact) mass is 434 g/mol. The fraction of sp³-hybridized carbons (Fsp3) is 0.278. The van der Waals surface area contributed by atoms with E-state index in [0.29, 0.717) is 22.6 Å². The standard InChI is InChI=1S/C10H11ClO5.C8H9ClO3/c1-15-8-3-9(16-5-10(13)14)7(11)2-6(8)4-12;1-12-8-3-7(11)6(9)2-5(8)4-10/h2-3,12H,4-5H2,1H3,(H,13,14);2-3,10-11H,4H2,1H3. The lowest BCUT2D eigenvalue weighted by molar-refractivity contribution is -0.139. The average Bonchev–Trinajstić information content (AvgIpc) is 2.68. The molecule has 0 saturated carbocycles. The average molecular weight is 435 g/mol. The molecule has 2 aromatic carbocycles. The van der Waals surface area contributed by atoms with E-state index in [1.165, 1.54) is 38.5 Å². The molecule has 0 aromatic heterocycles. The number of benzene rings is 2. The minimum Gasteiger partial charge on any atom is -0.506 e. The molecule has 4 N–H and O–H groups in total. The lowest BCUT2D eigenvalue weighted by atomic mass is 10.2. The third-order valence-corrected chi connectivity index (χ3v) is 3.97. The molecule has 10 heteroatoms. The molecular formula is C18H20Cl2O8. The summed E-state index contributed by atoms with van der Waals surface area (Å²) in [4.78, 5) is 10.3. The van der Waals surface area contributed by atoms with E-state index in [9.17, 15) is 4.79 Å². The first-order valence-corrected chi connectivity index (χ1v) is 8.51. The Kier molecular flexibility index (Phi) is 9.67. The highest BCUT2D eigenvalue weighted by molar-refractivity contribution is 6.32. The van der Waals surface area contributed by atoms with Gasteiger partial charge in [0.05, 0.1) is 37.5 Å². The van der Waals surface area contributed by atoms with Crippen molar-refractivity contribution in [1.29, 1.82) is 0 Å². The van der Waals surface area contributed by atoms with Crippen LogP contribution < -0.4 is 14.2 Å². The maximum atomic E-state index is 10.3. The molecule has 0 amide bonds. The summed E-state index contributed by atoms with van der Waals surface area (Å²) in [5, 5.41) is 35.9. The van der Waals surface area contributed by atoms with E-state index in [2.05, 4.69) is 0 Å². The number of halogens is 2. The molecule has 0 aliphatic carbocycles. The lowest BCUT2D eigenvalue weighted by Gasteiger charge is -2.11. The van der Waals surface area contributed by atoms with Gasteiger partial charge in [0.15, 0.2) is 6.61 Å². The SMILES string of the molecule is COc1cc(O)c(Cl)cc1CO.COc1cc(OCC(=O)O)c(Cl)cc1CO. The van der Waals surface area contributed by atoms with Gasteiger partial charge in [0.25, 0.3) is 0 Å². The maximum Gasteiger partial charge on any atom is 0.341 e. The fourth-order valence-electron chi connectivity index (χ4n) is 2.04. The van der Waals surface area contributed by atoms with Gasteiger partial charge in [0.2, 0.25) is 0 Å². The highest BCUT2D eigenvalue weighted by atomic mass is 35.5. The van der Waals surface area contributed by atoms with Crippen LogP contribution in [0.3, 0.4) is 0 Å². The number of hydrogen-bond acceptors (Lipinski definition) is 7. The van der Waals surface area contributed by atoms with Crippen molar-refractivity contribution >= 4 is 29.2 Å². The molecule has 0 radical (unpaired) electrons. The summed E-state index contributed by atoms with van der Waals surface area (Å²) in [5.41, 5.74) is 1.07. The summed E-state index contributed by atoms with van der Waals surface area (Å²) >= 11 is 11.4. The molecule has 0 aliphatic heterocycles. The van der Waals surface area contributed by atoms with Gasteiger partial charge in [-0.25, -0.2) is 4.79 Å². The maximum absolute atomic E-state index is 10.3.